The van der Waals surface area contributed by atoms with Gasteiger partial charge in [0.15, 0.2) is 0 Å². The van der Waals surface area contributed by atoms with Crippen molar-refractivity contribution < 1.29 is 5.48 Å². The Hall–Kier alpha value is -0.600. The topological polar surface area (TPSA) is 57.5 Å². The van der Waals surface area contributed by atoms with Gasteiger partial charge in [-0.05, 0) is 62.2 Å². The van der Waals surface area contributed by atoms with E-state index in [-0.39, 0.29) is 12.9 Å². The van der Waals surface area contributed by atoms with Crippen molar-refractivity contribution in [1.29, 1.82) is 0 Å². The third-order valence-electron chi connectivity index (χ3n) is 5.71. The van der Waals surface area contributed by atoms with E-state index in [1.807, 2.05) is 0 Å². The molecule has 1 saturated carbocycles. The lowest BCUT2D eigenvalue weighted by molar-refractivity contribution is 0.108. The van der Waals surface area contributed by atoms with Gasteiger partial charge in [0.1, 0.15) is 0 Å². The van der Waals surface area contributed by atoms with Gasteiger partial charge in [-0.1, -0.05) is 58.4 Å². The molecule has 2 heteroatoms. The van der Waals surface area contributed by atoms with Crippen molar-refractivity contribution in [3.63, 3.8) is 0 Å². The van der Waals surface area contributed by atoms with Crippen LogP contribution in [0.5, 0.6) is 0 Å². The standard InChI is InChI=1S/C20H34N.CH4.H2O/c1-14(2)19(21)12-16-8-11-18(20(4,5)13-16)17-9-6-15(3)7-10-17;;/h6,9-10,14,16,18-19H,7-8,11-13,21H2,1-5H3;1H4;1H2/t16?,18?,19-;;/m0../s1. The maximum atomic E-state index is 6.30. The van der Waals surface area contributed by atoms with Crippen LogP contribution >= 0.6 is 0 Å². The summed E-state index contributed by atoms with van der Waals surface area (Å²) in [6, 6.07) is 0.369. The molecule has 1 fully saturated rings. The molecule has 135 valence electrons. The van der Waals surface area contributed by atoms with Gasteiger partial charge in [-0.15, -0.1) is 0 Å². The molecule has 0 spiro atoms. The Balaban J connectivity index is 0.00000242. The van der Waals surface area contributed by atoms with Gasteiger partial charge in [0.05, 0.1) is 0 Å². The molecule has 0 aromatic carbocycles. The van der Waals surface area contributed by atoms with E-state index in [0.29, 0.717) is 17.4 Å². The molecule has 4 N–H and O–H groups in total. The highest BCUT2D eigenvalue weighted by Gasteiger charge is 2.38. The van der Waals surface area contributed by atoms with Crippen LogP contribution in [0.3, 0.4) is 0 Å². The first-order valence-electron chi connectivity index (χ1n) is 8.75. The lowest BCUT2D eigenvalue weighted by Gasteiger charge is -2.45. The SMILES string of the molecule is C.CC1=C[CH]C(C2CCC(C[C@H](N)C(C)C)CC2(C)C)=CC1.O. The summed E-state index contributed by atoms with van der Waals surface area (Å²) in [7, 11) is 0. The molecule has 0 heterocycles. The summed E-state index contributed by atoms with van der Waals surface area (Å²) in [5, 5.41) is 0. The van der Waals surface area contributed by atoms with Crippen molar-refractivity contribution in [3.8, 4) is 0 Å². The predicted molar refractivity (Wildman–Crippen MR) is 103 cm³/mol. The molecule has 0 aromatic rings. The first-order valence-corrected chi connectivity index (χ1v) is 8.75. The molecular formula is C21H40NO. The molecule has 2 nitrogen and oxygen atoms in total. The van der Waals surface area contributed by atoms with Crippen molar-refractivity contribution in [3.05, 3.63) is 29.7 Å². The second kappa shape index (κ2) is 9.03. The number of hydrogen-bond acceptors (Lipinski definition) is 1. The van der Waals surface area contributed by atoms with E-state index in [4.69, 9.17) is 5.73 Å². The van der Waals surface area contributed by atoms with Gasteiger partial charge in [-0.2, -0.15) is 0 Å². The lowest BCUT2D eigenvalue weighted by atomic mass is 9.60. The Morgan fingerprint density at radius 2 is 1.91 bits per heavy atom. The van der Waals surface area contributed by atoms with Crippen LogP contribution in [0.1, 0.15) is 74.1 Å². The zero-order valence-corrected chi connectivity index (χ0v) is 15.2. The molecular weight excluding hydrogens is 282 g/mol. The molecule has 2 aliphatic carbocycles. The van der Waals surface area contributed by atoms with E-state index in [1.54, 1.807) is 5.57 Å². The minimum Gasteiger partial charge on any atom is -0.412 e. The molecule has 0 bridgehead atoms. The van der Waals surface area contributed by atoms with E-state index < -0.39 is 0 Å². The third kappa shape index (κ3) is 5.76. The maximum Gasteiger partial charge on any atom is 0.00830 e. The molecule has 0 aromatic heterocycles. The Labute approximate surface area is 144 Å². The van der Waals surface area contributed by atoms with Crippen LogP contribution in [0.4, 0.5) is 0 Å². The van der Waals surface area contributed by atoms with Crippen molar-refractivity contribution in [1.82, 2.24) is 0 Å². The lowest BCUT2D eigenvalue weighted by Crippen LogP contribution is -2.37. The summed E-state index contributed by atoms with van der Waals surface area (Å²) >= 11 is 0. The van der Waals surface area contributed by atoms with Crippen LogP contribution in [0, 0.1) is 29.6 Å². The zero-order chi connectivity index (χ0) is 15.6. The Bertz CT molecular complexity index is 420. The second-order valence-corrected chi connectivity index (χ2v) is 8.42. The van der Waals surface area contributed by atoms with E-state index in [1.165, 1.54) is 31.3 Å². The first kappa shape index (κ1) is 22.4. The van der Waals surface area contributed by atoms with E-state index in [2.05, 4.69) is 53.2 Å². The fraction of sp³-hybridized carbons (Fsp3) is 0.762. The average molecular weight is 323 g/mol. The molecule has 0 saturated heterocycles. The number of allylic oxidation sites excluding steroid dienone is 4. The van der Waals surface area contributed by atoms with Crippen LogP contribution in [0.15, 0.2) is 23.3 Å². The summed E-state index contributed by atoms with van der Waals surface area (Å²) in [5.74, 6) is 2.15. The maximum absolute atomic E-state index is 6.30. The van der Waals surface area contributed by atoms with Crippen molar-refractivity contribution in [2.45, 2.75) is 80.2 Å². The quantitative estimate of drug-likeness (QED) is 0.769. The van der Waals surface area contributed by atoms with Crippen molar-refractivity contribution in [2.24, 2.45) is 28.9 Å². The molecule has 0 aliphatic heterocycles. The number of nitrogens with two attached hydrogens (primary N) is 1. The normalized spacial score (nSPS) is 28.1. The van der Waals surface area contributed by atoms with Gasteiger partial charge in [0.25, 0.3) is 0 Å². The molecule has 2 rings (SSSR count). The Morgan fingerprint density at radius 1 is 1.26 bits per heavy atom. The summed E-state index contributed by atoms with van der Waals surface area (Å²) in [4.78, 5) is 0. The molecule has 23 heavy (non-hydrogen) atoms. The average Bonchev–Trinajstić information content (AvgIpc) is 2.39. The number of hydrogen-bond donors (Lipinski definition) is 1. The monoisotopic (exact) mass is 322 g/mol. The molecule has 3 atom stereocenters. The van der Waals surface area contributed by atoms with Gasteiger partial charge in [-0.25, -0.2) is 0 Å². The van der Waals surface area contributed by atoms with Gasteiger partial charge in [0.2, 0.25) is 0 Å². The number of rotatable bonds is 4. The van der Waals surface area contributed by atoms with Crippen LogP contribution < -0.4 is 5.73 Å². The second-order valence-electron chi connectivity index (χ2n) is 8.42. The Morgan fingerprint density at radius 3 is 2.39 bits per heavy atom. The summed E-state index contributed by atoms with van der Waals surface area (Å²) in [6.07, 6.45) is 13.5. The van der Waals surface area contributed by atoms with Crippen LogP contribution in [-0.4, -0.2) is 11.5 Å². The molecule has 2 unspecified atom stereocenters. The summed E-state index contributed by atoms with van der Waals surface area (Å²) in [5.41, 5.74) is 9.77. The van der Waals surface area contributed by atoms with Gasteiger partial charge in [0, 0.05) is 12.5 Å². The van der Waals surface area contributed by atoms with Gasteiger partial charge < -0.3 is 11.2 Å². The summed E-state index contributed by atoms with van der Waals surface area (Å²) in [6.45, 7) is 11.6. The minimum absolute atomic E-state index is 0. The first-order chi connectivity index (χ1) is 9.79. The molecule has 2 aliphatic rings. The smallest absolute Gasteiger partial charge is 0.00830 e. The zero-order valence-electron chi connectivity index (χ0n) is 15.2. The van der Waals surface area contributed by atoms with Gasteiger partial charge >= 0.3 is 0 Å². The highest BCUT2D eigenvalue weighted by Crippen LogP contribution is 2.49. The van der Waals surface area contributed by atoms with Crippen LogP contribution in [0.25, 0.3) is 0 Å². The minimum atomic E-state index is 0. The van der Waals surface area contributed by atoms with Crippen molar-refractivity contribution in [2.75, 3.05) is 0 Å². The van der Waals surface area contributed by atoms with E-state index in [9.17, 15) is 0 Å². The highest BCUT2D eigenvalue weighted by atomic mass is 16.0. The van der Waals surface area contributed by atoms with Crippen LogP contribution in [0.2, 0.25) is 0 Å². The van der Waals surface area contributed by atoms with E-state index >= 15 is 0 Å². The van der Waals surface area contributed by atoms with Crippen LogP contribution in [-0.2, 0) is 0 Å². The van der Waals surface area contributed by atoms with E-state index in [0.717, 1.165) is 18.3 Å². The highest BCUT2D eigenvalue weighted by molar-refractivity contribution is 5.33. The fourth-order valence-corrected chi connectivity index (χ4v) is 4.17. The summed E-state index contributed by atoms with van der Waals surface area (Å²) < 4.78 is 0. The third-order valence-corrected chi connectivity index (χ3v) is 5.71. The predicted octanol–water partition coefficient (Wildman–Crippen LogP) is 5.09. The fourth-order valence-electron chi connectivity index (χ4n) is 4.17. The Kier molecular flexibility index (Phi) is 8.80. The molecule has 1 radical (unpaired) electrons. The van der Waals surface area contributed by atoms with Crippen molar-refractivity contribution >= 4 is 0 Å². The largest absolute Gasteiger partial charge is 0.412 e. The van der Waals surface area contributed by atoms with Gasteiger partial charge in [-0.3, -0.25) is 0 Å². The molecule has 0 amide bonds.